The highest BCUT2D eigenvalue weighted by Crippen LogP contribution is 2.01. The fourth-order valence-electron chi connectivity index (χ4n) is 2.50. The maximum atomic E-state index is 11.7. The number of morpholine rings is 1. The van der Waals surface area contributed by atoms with E-state index < -0.39 is 0 Å². The monoisotopic (exact) mass is 315 g/mol. The molecule has 7 heteroatoms. The maximum Gasteiger partial charge on any atom is 0.307 e. The van der Waals surface area contributed by atoms with Gasteiger partial charge in [0.05, 0.1) is 19.8 Å². The van der Waals surface area contributed by atoms with Crippen LogP contribution in [0.4, 0.5) is 0 Å². The van der Waals surface area contributed by atoms with Crippen LogP contribution >= 0.6 is 11.3 Å². The molecule has 1 aliphatic heterocycles. The summed E-state index contributed by atoms with van der Waals surface area (Å²) in [5.41, 5.74) is 1.02. The van der Waals surface area contributed by atoms with E-state index in [0.29, 0.717) is 13.1 Å². The molecule has 0 bridgehead atoms. The lowest BCUT2D eigenvalue weighted by Crippen LogP contribution is -2.43. The molecular formula is C14H25N3O3S. The Labute approximate surface area is 129 Å². The highest BCUT2D eigenvalue weighted by Gasteiger charge is 2.13. The molecule has 1 N–H and O–H groups in total. The number of aliphatic hydroxyl groups is 1. The predicted octanol–water partition coefficient (Wildman–Crippen LogP) is -0.155. The van der Waals surface area contributed by atoms with Crippen molar-refractivity contribution in [1.82, 2.24) is 14.4 Å². The van der Waals surface area contributed by atoms with Crippen molar-refractivity contribution < 1.29 is 9.84 Å². The van der Waals surface area contributed by atoms with Gasteiger partial charge in [0.2, 0.25) is 0 Å². The molecule has 1 fully saturated rings. The number of rotatable bonds is 8. The predicted molar refractivity (Wildman–Crippen MR) is 84.1 cm³/mol. The first kappa shape index (κ1) is 16.6. The number of nitrogens with zero attached hydrogens (tertiary/aromatic N) is 3. The van der Waals surface area contributed by atoms with Crippen molar-refractivity contribution in [2.45, 2.75) is 13.5 Å². The fraction of sp³-hybridized carbons (Fsp3) is 0.786. The Morgan fingerprint density at radius 1 is 1.29 bits per heavy atom. The molecule has 1 saturated heterocycles. The molecule has 6 nitrogen and oxygen atoms in total. The summed E-state index contributed by atoms with van der Waals surface area (Å²) in [4.78, 5) is 16.4. The van der Waals surface area contributed by atoms with Crippen LogP contribution in [0.15, 0.2) is 10.2 Å². The van der Waals surface area contributed by atoms with Gasteiger partial charge < -0.3 is 14.4 Å². The lowest BCUT2D eigenvalue weighted by molar-refractivity contribution is 0.0323. The minimum absolute atomic E-state index is 0.102. The van der Waals surface area contributed by atoms with E-state index >= 15 is 0 Å². The lowest BCUT2D eigenvalue weighted by Gasteiger charge is -2.29. The molecule has 0 saturated carbocycles. The molecule has 0 unspecified atom stereocenters. The Bertz CT molecular complexity index is 468. The summed E-state index contributed by atoms with van der Waals surface area (Å²) in [6.45, 7) is 9.74. The number of hydrogen-bond donors (Lipinski definition) is 1. The third-order valence-corrected chi connectivity index (χ3v) is 4.75. The van der Waals surface area contributed by atoms with Gasteiger partial charge in [-0.3, -0.25) is 14.6 Å². The van der Waals surface area contributed by atoms with E-state index in [0.717, 1.165) is 51.6 Å². The molecule has 21 heavy (non-hydrogen) atoms. The zero-order chi connectivity index (χ0) is 15.1. The molecule has 0 amide bonds. The van der Waals surface area contributed by atoms with Gasteiger partial charge in [0.1, 0.15) is 0 Å². The van der Waals surface area contributed by atoms with Crippen LogP contribution < -0.4 is 4.87 Å². The quantitative estimate of drug-likeness (QED) is 0.723. The highest BCUT2D eigenvalue weighted by atomic mass is 32.1. The Kier molecular flexibility index (Phi) is 6.85. The average molecular weight is 315 g/mol. The maximum absolute atomic E-state index is 11.7. The van der Waals surface area contributed by atoms with E-state index in [1.807, 2.05) is 16.9 Å². The number of thiazole rings is 1. The van der Waals surface area contributed by atoms with Crippen molar-refractivity contribution in [3.63, 3.8) is 0 Å². The normalized spacial score (nSPS) is 16.7. The minimum atomic E-state index is 0.102. The van der Waals surface area contributed by atoms with Gasteiger partial charge in [-0.15, -0.1) is 0 Å². The van der Waals surface area contributed by atoms with Crippen LogP contribution in [0.25, 0.3) is 0 Å². The van der Waals surface area contributed by atoms with Gasteiger partial charge in [0.15, 0.2) is 0 Å². The number of hydrogen-bond acceptors (Lipinski definition) is 6. The van der Waals surface area contributed by atoms with Crippen molar-refractivity contribution >= 4 is 11.3 Å². The summed E-state index contributed by atoms with van der Waals surface area (Å²) in [6.07, 6.45) is 0. The molecule has 0 aromatic carbocycles. The van der Waals surface area contributed by atoms with E-state index in [9.17, 15) is 9.90 Å². The minimum Gasteiger partial charge on any atom is -0.395 e. The molecule has 0 aliphatic carbocycles. The van der Waals surface area contributed by atoms with E-state index in [-0.39, 0.29) is 11.5 Å². The van der Waals surface area contributed by atoms with Crippen molar-refractivity contribution in [3.8, 4) is 0 Å². The van der Waals surface area contributed by atoms with Crippen LogP contribution in [0.3, 0.4) is 0 Å². The topological polar surface area (TPSA) is 57.9 Å². The Morgan fingerprint density at radius 3 is 2.62 bits per heavy atom. The molecule has 1 aromatic heterocycles. The molecule has 0 spiro atoms. The molecule has 0 radical (unpaired) electrons. The zero-order valence-corrected chi connectivity index (χ0v) is 13.5. The summed E-state index contributed by atoms with van der Waals surface area (Å²) >= 11 is 1.25. The first-order valence-electron chi connectivity index (χ1n) is 7.49. The molecule has 2 rings (SSSR count). The Hall–Kier alpha value is -0.730. The van der Waals surface area contributed by atoms with Gasteiger partial charge in [0.25, 0.3) is 0 Å². The van der Waals surface area contributed by atoms with Crippen LogP contribution in [0.2, 0.25) is 0 Å². The fourth-order valence-corrected chi connectivity index (χ4v) is 3.26. The number of aliphatic hydroxyl groups excluding tert-OH is 1. The van der Waals surface area contributed by atoms with Crippen molar-refractivity contribution in [3.05, 3.63) is 20.7 Å². The van der Waals surface area contributed by atoms with Crippen molar-refractivity contribution in [2.24, 2.45) is 0 Å². The second kappa shape index (κ2) is 8.65. The Balaban J connectivity index is 1.79. The summed E-state index contributed by atoms with van der Waals surface area (Å²) in [5.74, 6) is 0. The largest absolute Gasteiger partial charge is 0.395 e. The molecule has 120 valence electrons. The number of ether oxygens (including phenoxy) is 1. The smallest absolute Gasteiger partial charge is 0.307 e. The third kappa shape index (κ3) is 5.19. The van der Waals surface area contributed by atoms with Crippen LogP contribution in [-0.2, 0) is 11.3 Å². The van der Waals surface area contributed by atoms with Crippen molar-refractivity contribution in [2.75, 3.05) is 59.1 Å². The zero-order valence-electron chi connectivity index (χ0n) is 12.7. The number of aromatic nitrogens is 1. The summed E-state index contributed by atoms with van der Waals surface area (Å²) < 4.78 is 7.15. The molecule has 1 aliphatic rings. The van der Waals surface area contributed by atoms with Crippen molar-refractivity contribution in [1.29, 1.82) is 0 Å². The second-order valence-corrected chi connectivity index (χ2v) is 6.13. The average Bonchev–Trinajstić information content (AvgIpc) is 2.82. The van der Waals surface area contributed by atoms with Gasteiger partial charge in [-0.25, -0.2) is 0 Å². The lowest BCUT2D eigenvalue weighted by atomic mass is 10.3. The standard InChI is InChI=1S/C14H25N3O3S/c1-13-12-21-14(19)17(13)5-4-15(6-9-18)2-3-16-7-10-20-11-8-16/h12,18H,2-11H2,1H3. The summed E-state index contributed by atoms with van der Waals surface area (Å²) in [5, 5.41) is 11.1. The second-order valence-electron chi connectivity index (χ2n) is 5.31. The van der Waals surface area contributed by atoms with Gasteiger partial charge >= 0.3 is 4.87 Å². The van der Waals surface area contributed by atoms with Gasteiger partial charge in [0, 0.05) is 56.9 Å². The van der Waals surface area contributed by atoms with Gasteiger partial charge in [-0.2, -0.15) is 0 Å². The summed E-state index contributed by atoms with van der Waals surface area (Å²) in [6, 6.07) is 0. The summed E-state index contributed by atoms with van der Waals surface area (Å²) in [7, 11) is 0. The Morgan fingerprint density at radius 2 is 2.00 bits per heavy atom. The SMILES string of the molecule is Cc1csc(=O)n1CCN(CCO)CCN1CCOCC1. The van der Waals surface area contributed by atoms with E-state index in [2.05, 4.69) is 9.80 Å². The molecular weight excluding hydrogens is 290 g/mol. The number of aryl methyl sites for hydroxylation is 1. The van der Waals surface area contributed by atoms with Gasteiger partial charge in [-0.05, 0) is 6.92 Å². The van der Waals surface area contributed by atoms with E-state index in [4.69, 9.17) is 4.74 Å². The third-order valence-electron chi connectivity index (χ3n) is 3.87. The molecule has 0 atom stereocenters. The first-order valence-corrected chi connectivity index (χ1v) is 8.37. The van der Waals surface area contributed by atoms with Crippen LogP contribution in [-0.4, -0.2) is 78.6 Å². The van der Waals surface area contributed by atoms with Gasteiger partial charge in [-0.1, -0.05) is 11.3 Å². The van der Waals surface area contributed by atoms with E-state index in [1.54, 1.807) is 0 Å². The first-order chi connectivity index (χ1) is 10.2. The van der Waals surface area contributed by atoms with Crippen LogP contribution in [0.1, 0.15) is 5.69 Å². The van der Waals surface area contributed by atoms with Crippen LogP contribution in [0.5, 0.6) is 0 Å². The molecule has 2 heterocycles. The van der Waals surface area contributed by atoms with E-state index in [1.165, 1.54) is 11.3 Å². The van der Waals surface area contributed by atoms with Crippen LogP contribution in [0, 0.1) is 6.92 Å². The molecule has 1 aromatic rings. The highest BCUT2D eigenvalue weighted by molar-refractivity contribution is 7.07.